The van der Waals surface area contributed by atoms with Crippen LogP contribution in [0, 0.1) is 5.92 Å². The molecule has 6 heteroatoms. The van der Waals surface area contributed by atoms with E-state index in [1.165, 1.54) is 0 Å². The van der Waals surface area contributed by atoms with Crippen LogP contribution in [0.25, 0.3) is 11.3 Å². The first-order chi connectivity index (χ1) is 11.1. The third-order valence-electron chi connectivity index (χ3n) is 4.42. The molecule has 3 rings (SSSR count). The van der Waals surface area contributed by atoms with E-state index in [9.17, 15) is 9.59 Å². The topological polar surface area (TPSA) is 92.1 Å². The molecular formula is C17H20N4O2. The van der Waals surface area contributed by atoms with Crippen molar-refractivity contribution in [1.29, 1.82) is 0 Å². The van der Waals surface area contributed by atoms with Gasteiger partial charge >= 0.3 is 0 Å². The van der Waals surface area contributed by atoms with Gasteiger partial charge in [-0.1, -0.05) is 30.3 Å². The fraction of sp³-hybridized carbons (Fsp3) is 0.353. The second-order valence-corrected chi connectivity index (χ2v) is 6.02. The van der Waals surface area contributed by atoms with Crippen LogP contribution >= 0.6 is 0 Å². The summed E-state index contributed by atoms with van der Waals surface area (Å²) in [6, 6.07) is 11.5. The van der Waals surface area contributed by atoms with Crippen LogP contribution in [0.2, 0.25) is 0 Å². The van der Waals surface area contributed by atoms with Gasteiger partial charge in [0.05, 0.1) is 11.6 Å². The number of nitrogens with zero attached hydrogens (tertiary/aromatic N) is 2. The van der Waals surface area contributed by atoms with Gasteiger partial charge in [-0.2, -0.15) is 5.10 Å². The van der Waals surface area contributed by atoms with E-state index in [1.54, 1.807) is 11.0 Å². The Labute approximate surface area is 134 Å². The Hall–Kier alpha value is -2.63. The molecule has 2 aromatic rings. The van der Waals surface area contributed by atoms with E-state index in [0.29, 0.717) is 12.2 Å². The second kappa shape index (κ2) is 6.24. The fourth-order valence-corrected chi connectivity index (χ4v) is 2.96. The molecule has 2 heterocycles. The van der Waals surface area contributed by atoms with Crippen molar-refractivity contribution >= 4 is 11.8 Å². The maximum atomic E-state index is 12.7. The summed E-state index contributed by atoms with van der Waals surface area (Å²) in [7, 11) is 0. The molecule has 1 fully saturated rings. The van der Waals surface area contributed by atoms with Crippen molar-refractivity contribution in [2.45, 2.75) is 25.8 Å². The maximum Gasteiger partial charge on any atom is 0.272 e. The van der Waals surface area contributed by atoms with Crippen molar-refractivity contribution in [2.75, 3.05) is 6.54 Å². The summed E-state index contributed by atoms with van der Waals surface area (Å²) in [4.78, 5) is 25.9. The molecule has 3 N–H and O–H groups in total. The number of primary amides is 1. The predicted octanol–water partition coefficient (Wildman–Crippen LogP) is 1.80. The summed E-state index contributed by atoms with van der Waals surface area (Å²) < 4.78 is 0. The first-order valence-electron chi connectivity index (χ1n) is 7.77. The number of likely N-dealkylation sites (tertiary alicyclic amines) is 1. The number of hydrogen-bond donors (Lipinski definition) is 2. The quantitative estimate of drug-likeness (QED) is 0.905. The summed E-state index contributed by atoms with van der Waals surface area (Å²) >= 11 is 0. The van der Waals surface area contributed by atoms with Gasteiger partial charge in [-0.25, -0.2) is 0 Å². The summed E-state index contributed by atoms with van der Waals surface area (Å²) in [5, 5.41) is 7.03. The monoisotopic (exact) mass is 312 g/mol. The maximum absolute atomic E-state index is 12.7. The molecule has 0 saturated carbocycles. The van der Waals surface area contributed by atoms with Gasteiger partial charge in [-0.3, -0.25) is 14.7 Å². The molecule has 1 aromatic heterocycles. The van der Waals surface area contributed by atoms with Crippen LogP contribution in [0.4, 0.5) is 0 Å². The second-order valence-electron chi connectivity index (χ2n) is 6.02. The number of carbonyl (C=O) groups is 2. The van der Waals surface area contributed by atoms with Crippen LogP contribution < -0.4 is 5.73 Å². The van der Waals surface area contributed by atoms with Gasteiger partial charge in [0.2, 0.25) is 5.91 Å². The standard InChI is InChI=1S/C17H20N4O2/c1-11-7-8-13(16(18)22)10-21(11)17(23)15-9-14(19-20-15)12-5-3-2-4-6-12/h2-6,9,11,13H,7-8,10H2,1H3,(H2,18,22)(H,19,20)/t11-,13-/m1/s1. The Balaban J connectivity index is 1.80. The van der Waals surface area contributed by atoms with Gasteiger partial charge in [0.1, 0.15) is 5.69 Å². The number of benzene rings is 1. The normalized spacial score (nSPS) is 21.2. The molecular weight excluding hydrogens is 292 g/mol. The Morgan fingerprint density at radius 1 is 1.26 bits per heavy atom. The van der Waals surface area contributed by atoms with Gasteiger partial charge in [0.15, 0.2) is 0 Å². The largest absolute Gasteiger partial charge is 0.369 e. The fourth-order valence-electron chi connectivity index (χ4n) is 2.96. The van der Waals surface area contributed by atoms with Crippen molar-refractivity contribution in [1.82, 2.24) is 15.1 Å². The first kappa shape index (κ1) is 15.3. The van der Waals surface area contributed by atoms with Crippen LogP contribution in [0.15, 0.2) is 36.4 Å². The van der Waals surface area contributed by atoms with Gasteiger partial charge in [0, 0.05) is 18.2 Å². The number of amides is 2. The first-order valence-corrected chi connectivity index (χ1v) is 7.77. The van der Waals surface area contributed by atoms with Crippen LogP contribution in [0.5, 0.6) is 0 Å². The molecule has 0 radical (unpaired) electrons. The summed E-state index contributed by atoms with van der Waals surface area (Å²) in [5.74, 6) is -0.755. The smallest absolute Gasteiger partial charge is 0.272 e. The minimum atomic E-state index is -0.343. The minimum absolute atomic E-state index is 0.0848. The zero-order valence-electron chi connectivity index (χ0n) is 13.0. The lowest BCUT2D eigenvalue weighted by molar-refractivity contribution is -0.123. The van der Waals surface area contributed by atoms with Gasteiger partial charge in [-0.05, 0) is 25.8 Å². The molecule has 6 nitrogen and oxygen atoms in total. The number of rotatable bonds is 3. The van der Waals surface area contributed by atoms with Crippen molar-refractivity contribution in [3.8, 4) is 11.3 Å². The number of nitrogens with one attached hydrogen (secondary N) is 1. The minimum Gasteiger partial charge on any atom is -0.369 e. The van der Waals surface area contributed by atoms with Gasteiger partial charge in [-0.15, -0.1) is 0 Å². The van der Waals surface area contributed by atoms with E-state index >= 15 is 0 Å². The lowest BCUT2D eigenvalue weighted by Crippen LogP contribution is -2.48. The van der Waals surface area contributed by atoms with E-state index in [4.69, 9.17) is 5.73 Å². The number of H-pyrrole nitrogens is 1. The Morgan fingerprint density at radius 3 is 2.70 bits per heavy atom. The van der Waals surface area contributed by atoms with E-state index in [2.05, 4.69) is 10.2 Å². The van der Waals surface area contributed by atoms with Crippen molar-refractivity contribution in [2.24, 2.45) is 11.7 Å². The van der Waals surface area contributed by atoms with Crippen LogP contribution in [0.1, 0.15) is 30.3 Å². The molecule has 1 aromatic carbocycles. The molecule has 1 aliphatic rings. The Morgan fingerprint density at radius 2 is 2.00 bits per heavy atom. The molecule has 0 unspecified atom stereocenters. The summed E-state index contributed by atoms with van der Waals surface area (Å²) in [5.41, 5.74) is 7.50. The van der Waals surface area contributed by atoms with E-state index in [-0.39, 0.29) is 23.8 Å². The highest BCUT2D eigenvalue weighted by Crippen LogP contribution is 2.24. The number of piperidine rings is 1. The van der Waals surface area contributed by atoms with Crippen molar-refractivity contribution in [3.05, 3.63) is 42.1 Å². The Kier molecular flexibility index (Phi) is 4.14. The van der Waals surface area contributed by atoms with Crippen LogP contribution in [-0.4, -0.2) is 39.5 Å². The average Bonchev–Trinajstić information content (AvgIpc) is 3.05. The number of aromatic nitrogens is 2. The number of hydrogen-bond acceptors (Lipinski definition) is 3. The zero-order valence-corrected chi connectivity index (χ0v) is 13.0. The lowest BCUT2D eigenvalue weighted by Gasteiger charge is -2.36. The summed E-state index contributed by atoms with van der Waals surface area (Å²) in [6.45, 7) is 2.36. The molecule has 120 valence electrons. The molecule has 1 aliphatic heterocycles. The molecule has 2 amide bonds. The number of carbonyl (C=O) groups excluding carboxylic acids is 2. The molecule has 0 spiro atoms. The van der Waals surface area contributed by atoms with E-state index < -0.39 is 0 Å². The molecule has 0 bridgehead atoms. The molecule has 2 atom stereocenters. The highest BCUT2D eigenvalue weighted by Gasteiger charge is 2.32. The molecule has 23 heavy (non-hydrogen) atoms. The molecule has 1 saturated heterocycles. The van der Waals surface area contributed by atoms with Crippen molar-refractivity contribution < 1.29 is 9.59 Å². The number of aromatic amines is 1. The van der Waals surface area contributed by atoms with Crippen molar-refractivity contribution in [3.63, 3.8) is 0 Å². The van der Waals surface area contributed by atoms with E-state index in [0.717, 1.165) is 24.1 Å². The third kappa shape index (κ3) is 3.11. The summed E-state index contributed by atoms with van der Waals surface area (Å²) in [6.07, 6.45) is 1.51. The molecule has 0 aliphatic carbocycles. The lowest BCUT2D eigenvalue weighted by atomic mass is 9.92. The van der Waals surface area contributed by atoms with Crippen LogP contribution in [0.3, 0.4) is 0 Å². The Bertz CT molecular complexity index is 710. The predicted molar refractivity (Wildman–Crippen MR) is 86.4 cm³/mol. The van der Waals surface area contributed by atoms with Crippen LogP contribution in [-0.2, 0) is 4.79 Å². The van der Waals surface area contributed by atoms with Gasteiger partial charge in [0.25, 0.3) is 5.91 Å². The van der Waals surface area contributed by atoms with E-state index in [1.807, 2.05) is 37.3 Å². The SMILES string of the molecule is C[C@@H]1CC[C@@H](C(N)=O)CN1C(=O)c1cc(-c2ccccc2)n[nH]1. The number of nitrogens with two attached hydrogens (primary N) is 1. The highest BCUT2D eigenvalue weighted by atomic mass is 16.2. The average molecular weight is 312 g/mol. The van der Waals surface area contributed by atoms with Gasteiger partial charge < -0.3 is 10.6 Å². The third-order valence-corrected chi connectivity index (χ3v) is 4.42. The zero-order chi connectivity index (χ0) is 16.4. The highest BCUT2D eigenvalue weighted by molar-refractivity contribution is 5.94.